The highest BCUT2D eigenvalue weighted by molar-refractivity contribution is 6.29. The Bertz CT molecular complexity index is 4820. The maximum atomic E-state index is 6.81. The summed E-state index contributed by atoms with van der Waals surface area (Å²) in [5.74, 6) is 0. The number of aromatic nitrogens is 1. The molecule has 0 radical (unpaired) electrons. The van der Waals surface area contributed by atoms with Crippen LogP contribution in [0.2, 0.25) is 0 Å². The first kappa shape index (κ1) is 37.6. The van der Waals surface area contributed by atoms with E-state index in [1.165, 1.54) is 32.3 Å². The molecule has 0 spiro atoms. The molecule has 0 unspecified atom stereocenters. The third-order valence-electron chi connectivity index (χ3n) is 14.7. The van der Waals surface area contributed by atoms with E-state index in [9.17, 15) is 0 Å². The van der Waals surface area contributed by atoms with E-state index in [1.807, 2.05) is 30.3 Å². The summed E-state index contributed by atoms with van der Waals surface area (Å²) in [6.45, 7) is 0. The molecule has 12 aromatic carbocycles. The van der Waals surface area contributed by atoms with Crippen LogP contribution >= 0.6 is 0 Å². The third-order valence-corrected chi connectivity index (χ3v) is 14.7. The minimum atomic E-state index is 0.825. The van der Waals surface area contributed by atoms with Crippen LogP contribution in [-0.4, -0.2) is 4.98 Å². The van der Waals surface area contributed by atoms with Gasteiger partial charge in [0.2, 0.25) is 0 Å². The number of fused-ring (bicyclic) bond motifs is 12. The molecule has 0 aliphatic rings. The van der Waals surface area contributed by atoms with Gasteiger partial charge in [-0.1, -0.05) is 133 Å². The average molecular weight is 896 g/mol. The Hall–Kier alpha value is -9.52. The number of rotatable bonds is 6. The second kappa shape index (κ2) is 14.0. The van der Waals surface area contributed by atoms with E-state index in [1.54, 1.807) is 0 Å². The number of hydrogen-bond acceptors (Lipinski definition) is 5. The monoisotopic (exact) mass is 895 g/mol. The number of anilines is 6. The first-order chi connectivity index (χ1) is 34.7. The minimum absolute atomic E-state index is 0.825. The SMILES string of the molecule is c1ccc2c(c1)[nH]c1c(N(c3ccc4oc5ccccc5c4c3)c3ccc4ccc5c(N(c6ccc7c(c6)oc6ccccc67)c6cccc7c6oc6ccccc67)ccc6ccc3c4c65)cccc12. The number of furan rings is 3. The zero-order valence-electron chi connectivity index (χ0n) is 37.4. The molecule has 16 rings (SSSR count). The van der Waals surface area contributed by atoms with Crippen molar-refractivity contribution in [2.45, 2.75) is 0 Å². The van der Waals surface area contributed by atoms with Gasteiger partial charge in [0.1, 0.15) is 27.9 Å². The molecule has 1 N–H and O–H groups in total. The third kappa shape index (κ3) is 5.22. The molecule has 326 valence electrons. The molecule has 16 aromatic rings. The molecule has 0 saturated heterocycles. The first-order valence-corrected chi connectivity index (χ1v) is 23.7. The van der Waals surface area contributed by atoms with Crippen LogP contribution < -0.4 is 9.80 Å². The molecule has 70 heavy (non-hydrogen) atoms. The Balaban J connectivity index is 0.970. The van der Waals surface area contributed by atoms with Crippen LogP contribution in [-0.2, 0) is 0 Å². The van der Waals surface area contributed by atoms with Gasteiger partial charge < -0.3 is 28.0 Å². The number of benzene rings is 12. The molecule has 0 bridgehead atoms. The van der Waals surface area contributed by atoms with Crippen molar-refractivity contribution in [1.29, 1.82) is 0 Å². The Labute approximate surface area is 398 Å². The zero-order chi connectivity index (χ0) is 45.6. The van der Waals surface area contributed by atoms with Gasteiger partial charge in [-0.25, -0.2) is 0 Å². The maximum Gasteiger partial charge on any atom is 0.159 e. The first-order valence-electron chi connectivity index (χ1n) is 23.7. The molecule has 0 atom stereocenters. The van der Waals surface area contributed by atoms with E-state index >= 15 is 0 Å². The van der Waals surface area contributed by atoms with Gasteiger partial charge in [0, 0.05) is 71.1 Å². The molecule has 0 aliphatic heterocycles. The van der Waals surface area contributed by atoms with Crippen molar-refractivity contribution in [2.75, 3.05) is 9.80 Å². The van der Waals surface area contributed by atoms with Crippen LogP contribution in [0.3, 0.4) is 0 Å². The van der Waals surface area contributed by atoms with Crippen LogP contribution in [0.5, 0.6) is 0 Å². The smallest absolute Gasteiger partial charge is 0.159 e. The molecule has 6 nitrogen and oxygen atoms in total. The summed E-state index contributed by atoms with van der Waals surface area (Å²) in [6.07, 6.45) is 0. The molecule has 6 heteroatoms. The summed E-state index contributed by atoms with van der Waals surface area (Å²) in [4.78, 5) is 8.63. The van der Waals surface area contributed by atoms with Crippen LogP contribution in [0.25, 0.3) is 120 Å². The van der Waals surface area contributed by atoms with Gasteiger partial charge in [0.05, 0.1) is 34.0 Å². The number of H-pyrrole nitrogens is 1. The van der Waals surface area contributed by atoms with E-state index in [4.69, 9.17) is 13.3 Å². The second-order valence-electron chi connectivity index (χ2n) is 18.4. The normalized spacial score (nSPS) is 12.3. The van der Waals surface area contributed by atoms with Gasteiger partial charge in [-0.15, -0.1) is 0 Å². The lowest BCUT2D eigenvalue weighted by Gasteiger charge is -2.29. The fourth-order valence-electron chi connectivity index (χ4n) is 11.6. The number of nitrogens with zero attached hydrogens (tertiary/aromatic N) is 2. The molecule has 0 amide bonds. The van der Waals surface area contributed by atoms with Crippen LogP contribution in [0.1, 0.15) is 0 Å². The van der Waals surface area contributed by atoms with Crippen molar-refractivity contribution in [1.82, 2.24) is 4.98 Å². The number of aromatic amines is 1. The summed E-state index contributed by atoms with van der Waals surface area (Å²) < 4.78 is 19.8. The number of para-hydroxylation sites is 6. The number of nitrogens with one attached hydrogen (secondary N) is 1. The fraction of sp³-hybridized carbons (Fsp3) is 0. The van der Waals surface area contributed by atoms with Crippen LogP contribution in [0.4, 0.5) is 34.1 Å². The highest BCUT2D eigenvalue weighted by atomic mass is 16.3. The van der Waals surface area contributed by atoms with Crippen molar-refractivity contribution in [2.24, 2.45) is 0 Å². The molecule has 0 aliphatic carbocycles. The van der Waals surface area contributed by atoms with E-state index in [0.717, 1.165) is 122 Å². The minimum Gasteiger partial charge on any atom is -0.456 e. The van der Waals surface area contributed by atoms with E-state index in [2.05, 4.69) is 203 Å². The van der Waals surface area contributed by atoms with Crippen molar-refractivity contribution < 1.29 is 13.3 Å². The topological polar surface area (TPSA) is 61.7 Å². The van der Waals surface area contributed by atoms with E-state index in [-0.39, 0.29) is 0 Å². The molecule has 4 aromatic heterocycles. The van der Waals surface area contributed by atoms with Crippen molar-refractivity contribution in [3.05, 3.63) is 218 Å². The summed E-state index contributed by atoms with van der Waals surface area (Å²) in [5, 5.41) is 15.9. The van der Waals surface area contributed by atoms with E-state index in [0.29, 0.717) is 0 Å². The van der Waals surface area contributed by atoms with Gasteiger partial charge >= 0.3 is 0 Å². The van der Waals surface area contributed by atoms with E-state index < -0.39 is 0 Å². The van der Waals surface area contributed by atoms with Crippen molar-refractivity contribution in [3.8, 4) is 0 Å². The Morgan fingerprint density at radius 3 is 1.50 bits per heavy atom. The predicted octanol–water partition coefficient (Wildman–Crippen LogP) is 18.9. The lowest BCUT2D eigenvalue weighted by atomic mass is 9.91. The van der Waals surface area contributed by atoms with Crippen molar-refractivity contribution >= 4 is 154 Å². The fourth-order valence-corrected chi connectivity index (χ4v) is 11.6. The van der Waals surface area contributed by atoms with Gasteiger partial charge in [-0.05, 0) is 100 Å². The Morgan fingerprint density at radius 1 is 0.286 bits per heavy atom. The van der Waals surface area contributed by atoms with Gasteiger partial charge in [-0.2, -0.15) is 0 Å². The largest absolute Gasteiger partial charge is 0.456 e. The van der Waals surface area contributed by atoms with Gasteiger partial charge in [0.25, 0.3) is 0 Å². The van der Waals surface area contributed by atoms with Crippen LogP contribution in [0, 0.1) is 0 Å². The zero-order valence-corrected chi connectivity index (χ0v) is 37.4. The standard InChI is InChI=1S/C64H37N3O3/c1-5-17-51-41(11-1)46-15-9-18-54(63(46)65-51)66(39-28-34-59-50(35-39)44-14-4-7-21-57(44)68-59)52-32-25-37-24-30-49-53(33-26-38-23-29-48(52)61(37)62(38)49)67(40-27-31-45-42-12-2-6-20-56(42)69-60(45)36-40)55-19-10-16-47-43-13-3-8-22-58(43)70-64(47)55/h1-36,65H. The quantitative estimate of drug-likeness (QED) is 0.169. The number of hydrogen-bond donors (Lipinski definition) is 1. The molecule has 0 saturated carbocycles. The lowest BCUT2D eigenvalue weighted by Crippen LogP contribution is -2.12. The molecular weight excluding hydrogens is 859 g/mol. The maximum absolute atomic E-state index is 6.81. The Kier molecular flexibility index (Phi) is 7.52. The van der Waals surface area contributed by atoms with Gasteiger partial charge in [0.15, 0.2) is 5.58 Å². The molecule has 4 heterocycles. The molecular formula is C64H37N3O3. The highest BCUT2D eigenvalue weighted by Gasteiger charge is 2.26. The molecule has 0 fully saturated rings. The lowest BCUT2D eigenvalue weighted by molar-refractivity contribution is 0.667. The summed E-state index contributed by atoms with van der Waals surface area (Å²) >= 11 is 0. The highest BCUT2D eigenvalue weighted by Crippen LogP contribution is 2.51. The van der Waals surface area contributed by atoms with Gasteiger partial charge in [-0.3, -0.25) is 0 Å². The second-order valence-corrected chi connectivity index (χ2v) is 18.4. The van der Waals surface area contributed by atoms with Crippen molar-refractivity contribution in [3.63, 3.8) is 0 Å². The predicted molar refractivity (Wildman–Crippen MR) is 291 cm³/mol. The van der Waals surface area contributed by atoms with Crippen LogP contribution in [0.15, 0.2) is 232 Å². The Morgan fingerprint density at radius 2 is 0.771 bits per heavy atom. The summed E-state index contributed by atoms with van der Waals surface area (Å²) in [5.41, 5.74) is 13.4. The average Bonchev–Trinajstić information content (AvgIpc) is 4.19. The summed E-state index contributed by atoms with van der Waals surface area (Å²) in [7, 11) is 0. The summed E-state index contributed by atoms with van der Waals surface area (Å²) in [6, 6.07) is 78.0.